The van der Waals surface area contributed by atoms with Crippen molar-refractivity contribution in [2.75, 3.05) is 13.1 Å². The Kier molecular flexibility index (Phi) is 11.2. The van der Waals surface area contributed by atoms with Gasteiger partial charge in [-0.1, -0.05) is 64.4 Å². The number of benzene rings is 1. The molecule has 0 saturated heterocycles. The van der Waals surface area contributed by atoms with E-state index in [1.807, 2.05) is 51.1 Å². The van der Waals surface area contributed by atoms with Gasteiger partial charge in [-0.2, -0.15) is 0 Å². The second-order valence-electron chi connectivity index (χ2n) is 9.36. The van der Waals surface area contributed by atoms with Crippen molar-refractivity contribution < 1.29 is 19.1 Å². The number of nitrogens with zero attached hydrogens (tertiary/aromatic N) is 1. The number of hydrogen-bond donors (Lipinski definition) is 2. The summed E-state index contributed by atoms with van der Waals surface area (Å²) in [5, 5.41) is 5.70. The van der Waals surface area contributed by atoms with Crippen LogP contribution < -0.4 is 10.6 Å². The van der Waals surface area contributed by atoms with Crippen LogP contribution >= 0.6 is 0 Å². The van der Waals surface area contributed by atoms with E-state index in [9.17, 15) is 14.4 Å². The smallest absolute Gasteiger partial charge is 0.408 e. The molecule has 2 unspecified atom stereocenters. The summed E-state index contributed by atoms with van der Waals surface area (Å²) < 4.78 is 5.37. The molecular formula is C25H41N3O4. The molecular weight excluding hydrogens is 406 g/mol. The SMILES string of the molecule is CCCCNC(=O)C(c1ccccc1)N(CCC)C(=O)C(NC(=O)OC(C)(C)C)C(C)C. The average Bonchev–Trinajstić information content (AvgIpc) is 2.70. The quantitative estimate of drug-likeness (QED) is 0.491. The van der Waals surface area contributed by atoms with Gasteiger partial charge in [0.1, 0.15) is 17.7 Å². The molecule has 0 spiro atoms. The molecule has 0 bridgehead atoms. The third-order valence-corrected chi connectivity index (χ3v) is 4.86. The Morgan fingerprint density at radius 3 is 2.16 bits per heavy atom. The number of carbonyl (C=O) groups excluding carboxylic acids is 3. The van der Waals surface area contributed by atoms with E-state index in [2.05, 4.69) is 17.6 Å². The lowest BCUT2D eigenvalue weighted by Crippen LogP contribution is -2.55. The maximum absolute atomic E-state index is 13.7. The maximum Gasteiger partial charge on any atom is 0.408 e. The summed E-state index contributed by atoms with van der Waals surface area (Å²) in [6.07, 6.45) is 1.85. The van der Waals surface area contributed by atoms with Gasteiger partial charge in [0.25, 0.3) is 0 Å². The molecule has 32 heavy (non-hydrogen) atoms. The summed E-state index contributed by atoms with van der Waals surface area (Å²) in [7, 11) is 0. The highest BCUT2D eigenvalue weighted by Crippen LogP contribution is 2.24. The fourth-order valence-corrected chi connectivity index (χ4v) is 3.33. The number of amides is 3. The minimum atomic E-state index is -0.814. The van der Waals surface area contributed by atoms with Crippen molar-refractivity contribution in [1.82, 2.24) is 15.5 Å². The lowest BCUT2D eigenvalue weighted by molar-refractivity contribution is -0.143. The van der Waals surface area contributed by atoms with Crippen LogP contribution in [0.25, 0.3) is 0 Å². The third kappa shape index (κ3) is 8.89. The van der Waals surface area contributed by atoms with E-state index in [4.69, 9.17) is 4.74 Å². The topological polar surface area (TPSA) is 87.7 Å². The molecule has 0 aliphatic carbocycles. The highest BCUT2D eigenvalue weighted by Gasteiger charge is 2.36. The van der Waals surface area contributed by atoms with Gasteiger partial charge in [0.15, 0.2) is 0 Å². The predicted molar refractivity (Wildman–Crippen MR) is 127 cm³/mol. The van der Waals surface area contributed by atoms with Crippen molar-refractivity contribution >= 4 is 17.9 Å². The molecule has 1 rings (SSSR count). The molecule has 180 valence electrons. The summed E-state index contributed by atoms with van der Waals surface area (Å²) in [6, 6.07) is 7.71. The van der Waals surface area contributed by atoms with Crippen molar-refractivity contribution in [3.05, 3.63) is 35.9 Å². The Morgan fingerprint density at radius 1 is 1.03 bits per heavy atom. The first-order valence-electron chi connectivity index (χ1n) is 11.6. The highest BCUT2D eigenvalue weighted by molar-refractivity contribution is 5.92. The number of unbranched alkanes of at least 4 members (excludes halogenated alkanes) is 1. The van der Waals surface area contributed by atoms with Gasteiger partial charge >= 0.3 is 6.09 Å². The van der Waals surface area contributed by atoms with Crippen LogP contribution in [-0.4, -0.2) is 47.5 Å². The number of nitrogens with one attached hydrogen (secondary N) is 2. The molecule has 2 N–H and O–H groups in total. The summed E-state index contributed by atoms with van der Waals surface area (Å²) in [5.41, 5.74) is 0.0619. The molecule has 0 aromatic heterocycles. The Morgan fingerprint density at radius 2 is 1.66 bits per heavy atom. The molecule has 1 aromatic carbocycles. The van der Waals surface area contributed by atoms with Crippen molar-refractivity contribution in [2.24, 2.45) is 5.92 Å². The first kappa shape index (κ1) is 27.5. The van der Waals surface area contributed by atoms with Crippen LogP contribution in [0.3, 0.4) is 0 Å². The molecule has 3 amide bonds. The van der Waals surface area contributed by atoms with E-state index in [-0.39, 0.29) is 17.7 Å². The van der Waals surface area contributed by atoms with Crippen molar-refractivity contribution in [2.45, 2.75) is 85.4 Å². The molecule has 0 heterocycles. The summed E-state index contributed by atoms with van der Waals surface area (Å²) in [6.45, 7) is 14.0. The van der Waals surface area contributed by atoms with Crippen LogP contribution in [0.2, 0.25) is 0 Å². The van der Waals surface area contributed by atoms with Gasteiger partial charge in [-0.05, 0) is 45.1 Å². The van der Waals surface area contributed by atoms with Crippen LogP contribution in [0.1, 0.15) is 79.3 Å². The van der Waals surface area contributed by atoms with Crippen LogP contribution in [0.5, 0.6) is 0 Å². The summed E-state index contributed by atoms with van der Waals surface area (Å²) in [4.78, 5) is 40.9. The first-order chi connectivity index (χ1) is 15.0. The minimum Gasteiger partial charge on any atom is -0.444 e. The molecule has 0 saturated carbocycles. The van der Waals surface area contributed by atoms with E-state index in [0.717, 1.165) is 18.4 Å². The summed E-state index contributed by atoms with van der Waals surface area (Å²) in [5.74, 6) is -0.702. The van der Waals surface area contributed by atoms with Gasteiger partial charge < -0.3 is 20.3 Å². The second kappa shape index (κ2) is 13.1. The normalized spacial score (nSPS) is 13.2. The molecule has 1 aromatic rings. The largest absolute Gasteiger partial charge is 0.444 e. The Balaban J connectivity index is 3.26. The second-order valence-corrected chi connectivity index (χ2v) is 9.36. The van der Waals surface area contributed by atoms with Gasteiger partial charge in [-0.25, -0.2) is 4.79 Å². The predicted octanol–water partition coefficient (Wildman–Crippen LogP) is 4.43. The number of rotatable bonds is 11. The molecule has 0 aliphatic rings. The van der Waals surface area contributed by atoms with Gasteiger partial charge in [0.05, 0.1) is 0 Å². The zero-order valence-corrected chi connectivity index (χ0v) is 20.7. The van der Waals surface area contributed by atoms with Crippen LogP contribution in [0, 0.1) is 5.92 Å². The standard InChI is InChI=1S/C25H41N3O4/c1-8-10-16-26-22(29)21(19-14-12-11-13-15-19)28(17-9-2)23(30)20(18(3)4)27-24(31)32-25(5,6)7/h11-15,18,20-21H,8-10,16-17H2,1-7H3,(H,26,29)(H,27,31). The monoisotopic (exact) mass is 447 g/mol. The highest BCUT2D eigenvalue weighted by atomic mass is 16.6. The van der Waals surface area contributed by atoms with Crippen LogP contribution in [0.15, 0.2) is 30.3 Å². The van der Waals surface area contributed by atoms with E-state index in [0.29, 0.717) is 19.5 Å². The Bertz CT molecular complexity index is 728. The third-order valence-electron chi connectivity index (χ3n) is 4.86. The first-order valence-corrected chi connectivity index (χ1v) is 11.6. The van der Waals surface area contributed by atoms with Gasteiger partial charge in [0.2, 0.25) is 11.8 Å². The van der Waals surface area contributed by atoms with E-state index >= 15 is 0 Å². The van der Waals surface area contributed by atoms with Crippen molar-refractivity contribution in [3.63, 3.8) is 0 Å². The molecule has 7 nitrogen and oxygen atoms in total. The van der Waals surface area contributed by atoms with E-state index in [1.165, 1.54) is 0 Å². The average molecular weight is 448 g/mol. The molecule has 0 fully saturated rings. The number of hydrogen-bond acceptors (Lipinski definition) is 4. The van der Waals surface area contributed by atoms with Crippen LogP contribution in [-0.2, 0) is 14.3 Å². The van der Waals surface area contributed by atoms with Gasteiger partial charge in [0, 0.05) is 13.1 Å². The molecule has 2 atom stereocenters. The van der Waals surface area contributed by atoms with E-state index in [1.54, 1.807) is 25.7 Å². The van der Waals surface area contributed by atoms with E-state index < -0.39 is 23.8 Å². The molecule has 0 aliphatic heterocycles. The number of carbonyl (C=O) groups is 3. The number of ether oxygens (including phenoxy) is 1. The zero-order chi connectivity index (χ0) is 24.3. The zero-order valence-electron chi connectivity index (χ0n) is 20.7. The molecule has 0 radical (unpaired) electrons. The fourth-order valence-electron chi connectivity index (χ4n) is 3.33. The van der Waals surface area contributed by atoms with Gasteiger partial charge in [-0.3, -0.25) is 9.59 Å². The van der Waals surface area contributed by atoms with Crippen LogP contribution in [0.4, 0.5) is 4.79 Å². The van der Waals surface area contributed by atoms with Crippen molar-refractivity contribution in [1.29, 1.82) is 0 Å². The maximum atomic E-state index is 13.7. The Hall–Kier alpha value is -2.57. The lowest BCUT2D eigenvalue weighted by atomic mass is 9.98. The fraction of sp³-hybridized carbons (Fsp3) is 0.640. The number of alkyl carbamates (subject to hydrolysis) is 1. The lowest BCUT2D eigenvalue weighted by Gasteiger charge is -2.35. The minimum absolute atomic E-state index is 0.186. The van der Waals surface area contributed by atoms with Crippen molar-refractivity contribution in [3.8, 4) is 0 Å². The summed E-state index contributed by atoms with van der Waals surface area (Å²) >= 11 is 0. The molecule has 7 heteroatoms. The Labute approximate surface area is 193 Å². The van der Waals surface area contributed by atoms with Gasteiger partial charge in [-0.15, -0.1) is 0 Å².